The second kappa shape index (κ2) is 5.23. The minimum atomic E-state index is 0.584. The predicted octanol–water partition coefficient (Wildman–Crippen LogP) is 5.61. The van der Waals surface area contributed by atoms with Gasteiger partial charge >= 0.3 is 0 Å². The zero-order valence-electron chi connectivity index (χ0n) is 12.9. The maximum atomic E-state index is 2.55. The van der Waals surface area contributed by atoms with Gasteiger partial charge in [0.1, 0.15) is 0 Å². The van der Waals surface area contributed by atoms with Crippen molar-refractivity contribution in [3.8, 4) is 0 Å². The second-order valence-corrected chi connectivity index (χ2v) is 6.85. The lowest BCUT2D eigenvalue weighted by atomic mass is 9.85. The highest BCUT2D eigenvalue weighted by Gasteiger charge is 2.60. The van der Waals surface area contributed by atoms with E-state index >= 15 is 0 Å². The van der Waals surface area contributed by atoms with Gasteiger partial charge in [0, 0.05) is 0 Å². The van der Waals surface area contributed by atoms with Crippen LogP contribution in [0.1, 0.15) is 60.3 Å². The molecule has 0 saturated heterocycles. The van der Waals surface area contributed by atoms with Gasteiger partial charge in [-0.2, -0.15) is 0 Å². The molecule has 2 aliphatic rings. The van der Waals surface area contributed by atoms with Gasteiger partial charge < -0.3 is 0 Å². The van der Waals surface area contributed by atoms with Gasteiger partial charge in [0.15, 0.2) is 0 Å². The maximum Gasteiger partial charge on any atom is -0.00309 e. The smallest absolute Gasteiger partial charge is 0.00309 e. The third kappa shape index (κ3) is 2.19. The average Bonchev–Trinajstić information content (AvgIpc) is 2.91. The highest BCUT2D eigenvalue weighted by molar-refractivity contribution is 5.29. The van der Waals surface area contributed by atoms with Crippen LogP contribution in [0, 0.1) is 29.1 Å². The van der Waals surface area contributed by atoms with Crippen LogP contribution in [0.15, 0.2) is 23.8 Å². The summed E-state index contributed by atoms with van der Waals surface area (Å²) in [5, 5.41) is 0. The fourth-order valence-electron chi connectivity index (χ4n) is 4.17. The van der Waals surface area contributed by atoms with E-state index in [1.165, 1.54) is 19.3 Å². The molecule has 0 radical (unpaired) electrons. The topological polar surface area (TPSA) is 0 Å². The van der Waals surface area contributed by atoms with E-state index in [4.69, 9.17) is 0 Å². The minimum absolute atomic E-state index is 0.584. The summed E-state index contributed by atoms with van der Waals surface area (Å²) >= 11 is 0. The van der Waals surface area contributed by atoms with E-state index in [1.54, 1.807) is 5.57 Å². The van der Waals surface area contributed by atoms with Crippen molar-refractivity contribution >= 4 is 0 Å². The minimum Gasteiger partial charge on any atom is -0.0914 e. The van der Waals surface area contributed by atoms with E-state index in [-0.39, 0.29) is 0 Å². The Balaban J connectivity index is 2.23. The van der Waals surface area contributed by atoms with Gasteiger partial charge in [-0.1, -0.05) is 51.5 Å². The second-order valence-electron chi connectivity index (χ2n) is 6.85. The maximum absolute atomic E-state index is 2.55. The van der Waals surface area contributed by atoms with Crippen molar-refractivity contribution in [1.29, 1.82) is 0 Å². The van der Waals surface area contributed by atoms with E-state index in [1.807, 2.05) is 0 Å². The van der Waals surface area contributed by atoms with Crippen LogP contribution < -0.4 is 0 Å². The van der Waals surface area contributed by atoms with Gasteiger partial charge in [0.05, 0.1) is 0 Å². The molecule has 18 heavy (non-hydrogen) atoms. The van der Waals surface area contributed by atoms with Crippen molar-refractivity contribution in [2.24, 2.45) is 29.1 Å². The lowest BCUT2D eigenvalue weighted by Crippen LogP contribution is -2.08. The summed E-state index contributed by atoms with van der Waals surface area (Å²) in [4.78, 5) is 0. The zero-order chi connectivity index (χ0) is 13.3. The van der Waals surface area contributed by atoms with Gasteiger partial charge in [-0.3, -0.25) is 0 Å². The van der Waals surface area contributed by atoms with Crippen LogP contribution in [-0.2, 0) is 0 Å². The highest BCUT2D eigenvalue weighted by atomic mass is 14.6. The lowest BCUT2D eigenvalue weighted by molar-refractivity contribution is 0.368. The summed E-state index contributed by atoms with van der Waals surface area (Å²) in [7, 11) is 0. The molecule has 102 valence electrons. The van der Waals surface area contributed by atoms with Gasteiger partial charge in [-0.15, -0.1) is 0 Å². The first-order valence-corrected chi connectivity index (χ1v) is 7.84. The Hall–Kier alpha value is -0.520. The van der Waals surface area contributed by atoms with E-state index in [9.17, 15) is 0 Å². The Kier molecular flexibility index (Phi) is 4.04. The number of hydrogen-bond acceptors (Lipinski definition) is 0. The van der Waals surface area contributed by atoms with Crippen molar-refractivity contribution in [3.63, 3.8) is 0 Å². The first kappa shape index (κ1) is 13.9. The first-order chi connectivity index (χ1) is 8.54. The molecule has 0 heteroatoms. The lowest BCUT2D eigenvalue weighted by Gasteiger charge is -2.20. The van der Waals surface area contributed by atoms with Crippen molar-refractivity contribution in [2.45, 2.75) is 60.3 Å². The Morgan fingerprint density at radius 2 is 1.78 bits per heavy atom. The van der Waals surface area contributed by atoms with E-state index in [0.717, 1.165) is 30.1 Å². The molecule has 4 unspecified atom stereocenters. The quantitative estimate of drug-likeness (QED) is 0.556. The molecule has 0 aromatic heterocycles. The SMILES string of the molecule is CC=CCC=C1CC(C)C(C)CCC12C(C)C2C. The van der Waals surface area contributed by atoms with Gasteiger partial charge in [0.2, 0.25) is 0 Å². The van der Waals surface area contributed by atoms with Crippen LogP contribution in [0.3, 0.4) is 0 Å². The Morgan fingerprint density at radius 1 is 1.11 bits per heavy atom. The molecular formula is C18H30. The molecule has 0 aromatic carbocycles. The van der Waals surface area contributed by atoms with Crippen LogP contribution in [-0.4, -0.2) is 0 Å². The summed E-state index contributed by atoms with van der Waals surface area (Å²) < 4.78 is 0. The molecule has 2 rings (SSSR count). The average molecular weight is 246 g/mol. The molecule has 0 nitrogen and oxygen atoms in total. The normalized spacial score (nSPS) is 46.8. The molecule has 0 heterocycles. The third-order valence-electron chi connectivity index (χ3n) is 6.13. The molecule has 0 aliphatic heterocycles. The summed E-state index contributed by atoms with van der Waals surface area (Å²) in [6, 6.07) is 0. The largest absolute Gasteiger partial charge is 0.0914 e. The predicted molar refractivity (Wildman–Crippen MR) is 80.5 cm³/mol. The molecule has 0 aromatic rings. The van der Waals surface area contributed by atoms with Gasteiger partial charge in [-0.25, -0.2) is 0 Å². The van der Waals surface area contributed by atoms with Crippen LogP contribution in [0.4, 0.5) is 0 Å². The third-order valence-corrected chi connectivity index (χ3v) is 6.13. The van der Waals surface area contributed by atoms with Crippen molar-refractivity contribution in [2.75, 3.05) is 0 Å². The molecule has 2 fully saturated rings. The van der Waals surface area contributed by atoms with Crippen molar-refractivity contribution < 1.29 is 0 Å². The fraction of sp³-hybridized carbons (Fsp3) is 0.778. The summed E-state index contributed by atoms with van der Waals surface area (Å²) in [6.07, 6.45) is 12.3. The first-order valence-electron chi connectivity index (χ1n) is 7.84. The molecular weight excluding hydrogens is 216 g/mol. The Labute approximate surface area is 114 Å². The number of allylic oxidation sites excluding steroid dienone is 4. The number of rotatable bonds is 2. The Morgan fingerprint density at radius 3 is 2.33 bits per heavy atom. The Bertz CT molecular complexity index is 339. The van der Waals surface area contributed by atoms with Gasteiger partial charge in [0.25, 0.3) is 0 Å². The summed E-state index contributed by atoms with van der Waals surface area (Å²) in [6.45, 7) is 12.0. The monoisotopic (exact) mass is 246 g/mol. The molecule has 0 amide bonds. The molecule has 2 aliphatic carbocycles. The molecule has 1 spiro atoms. The fourth-order valence-corrected chi connectivity index (χ4v) is 4.17. The van der Waals surface area contributed by atoms with Crippen molar-refractivity contribution in [1.82, 2.24) is 0 Å². The molecule has 0 N–H and O–H groups in total. The van der Waals surface area contributed by atoms with E-state index in [0.29, 0.717) is 5.41 Å². The number of hydrogen-bond donors (Lipinski definition) is 0. The van der Waals surface area contributed by atoms with Crippen LogP contribution in [0.5, 0.6) is 0 Å². The van der Waals surface area contributed by atoms with Crippen LogP contribution in [0.25, 0.3) is 0 Å². The van der Waals surface area contributed by atoms with Crippen molar-refractivity contribution in [3.05, 3.63) is 23.8 Å². The van der Waals surface area contributed by atoms with Crippen LogP contribution in [0.2, 0.25) is 0 Å². The standard InChI is InChI=1S/C18H30/c1-6-7-8-9-17-12-14(3)13(2)10-11-18(17)15(4)16(18)5/h6-7,9,13-16H,8,10-12H2,1-5H3. The highest BCUT2D eigenvalue weighted by Crippen LogP contribution is 2.68. The van der Waals surface area contributed by atoms with Gasteiger partial charge in [-0.05, 0) is 61.7 Å². The zero-order valence-corrected chi connectivity index (χ0v) is 12.9. The molecule has 0 bridgehead atoms. The summed E-state index contributed by atoms with van der Waals surface area (Å²) in [5.41, 5.74) is 2.37. The molecule has 2 saturated carbocycles. The van der Waals surface area contributed by atoms with E-state index in [2.05, 4.69) is 52.8 Å². The van der Waals surface area contributed by atoms with Crippen LogP contribution >= 0.6 is 0 Å². The summed E-state index contributed by atoms with van der Waals surface area (Å²) in [5.74, 6) is 3.58. The molecule has 4 atom stereocenters. The van der Waals surface area contributed by atoms with E-state index < -0.39 is 0 Å².